The van der Waals surface area contributed by atoms with Crippen LogP contribution in [-0.2, 0) is 9.59 Å². The maximum atomic E-state index is 13.5. The molecule has 0 bridgehead atoms. The van der Waals surface area contributed by atoms with Gasteiger partial charge in [0.25, 0.3) is 11.8 Å². The van der Waals surface area contributed by atoms with Crippen molar-refractivity contribution in [3.63, 3.8) is 0 Å². The van der Waals surface area contributed by atoms with Gasteiger partial charge in [0.15, 0.2) is 5.11 Å². The summed E-state index contributed by atoms with van der Waals surface area (Å²) in [4.78, 5) is 30.1. The van der Waals surface area contributed by atoms with Crippen molar-refractivity contribution < 1.29 is 9.59 Å². The number of rotatable bonds is 4. The van der Waals surface area contributed by atoms with Crippen LogP contribution in [-0.4, -0.2) is 29.0 Å². The van der Waals surface area contributed by atoms with E-state index in [4.69, 9.17) is 23.8 Å². The summed E-state index contributed by atoms with van der Waals surface area (Å²) in [5.41, 5.74) is 5.75. The number of carbonyl (C=O) groups excluding carboxylic acids is 2. The molecule has 1 atom stereocenters. The molecule has 2 heterocycles. The second-order valence-electron chi connectivity index (χ2n) is 10.2. The van der Waals surface area contributed by atoms with Crippen LogP contribution in [0.15, 0.2) is 35.9 Å². The topological polar surface area (TPSA) is 52.7 Å². The molecule has 184 valence electrons. The second kappa shape index (κ2) is 9.40. The number of carbonyl (C=O) groups is 2. The predicted octanol–water partition coefficient (Wildman–Crippen LogP) is 6.29. The molecule has 2 amide bonds. The van der Waals surface area contributed by atoms with E-state index in [0.29, 0.717) is 22.2 Å². The summed E-state index contributed by atoms with van der Waals surface area (Å²) in [6.45, 7) is 13.8. The summed E-state index contributed by atoms with van der Waals surface area (Å²) in [5, 5.41) is 3.25. The van der Waals surface area contributed by atoms with Crippen LogP contribution in [0.25, 0.3) is 6.08 Å². The fourth-order valence-electron chi connectivity index (χ4n) is 5.19. The largest absolute Gasteiger partial charge is 0.366 e. The zero-order valence-electron chi connectivity index (χ0n) is 21.2. The average Bonchev–Trinajstić information content (AvgIpc) is 2.76. The van der Waals surface area contributed by atoms with Crippen molar-refractivity contribution >= 4 is 58.2 Å². The van der Waals surface area contributed by atoms with Gasteiger partial charge in [0.1, 0.15) is 5.57 Å². The van der Waals surface area contributed by atoms with E-state index in [0.717, 1.165) is 36.2 Å². The highest BCUT2D eigenvalue weighted by molar-refractivity contribution is 7.80. The lowest BCUT2D eigenvalue weighted by molar-refractivity contribution is -0.122. The number of anilines is 2. The SMILES string of the molecule is CCCN1c2cc(Cl)c(/C=C3/C(=O)NC(=S)N(c4ccc(C)c(C)c4)C3=O)cc2C(C)CC1(C)C. The van der Waals surface area contributed by atoms with Gasteiger partial charge in [0.05, 0.1) is 5.69 Å². The van der Waals surface area contributed by atoms with E-state index >= 15 is 0 Å². The lowest BCUT2D eigenvalue weighted by atomic mass is 9.79. The van der Waals surface area contributed by atoms with Crippen LogP contribution in [0.5, 0.6) is 0 Å². The summed E-state index contributed by atoms with van der Waals surface area (Å²) < 4.78 is 0. The minimum atomic E-state index is -0.518. The number of thiocarbonyl (C=S) groups is 1. The van der Waals surface area contributed by atoms with Crippen LogP contribution in [0.2, 0.25) is 5.02 Å². The number of hydrogen-bond donors (Lipinski definition) is 1. The molecule has 1 fully saturated rings. The Bertz CT molecular complexity index is 1270. The van der Waals surface area contributed by atoms with E-state index in [1.807, 2.05) is 44.2 Å². The van der Waals surface area contributed by atoms with Crippen LogP contribution in [0.1, 0.15) is 68.7 Å². The Morgan fingerprint density at radius 3 is 2.54 bits per heavy atom. The second-order valence-corrected chi connectivity index (χ2v) is 11.0. The molecule has 7 heteroatoms. The van der Waals surface area contributed by atoms with Gasteiger partial charge in [-0.2, -0.15) is 0 Å². The normalized spacial score (nSPS) is 20.8. The summed E-state index contributed by atoms with van der Waals surface area (Å²) in [6.07, 6.45) is 3.63. The van der Waals surface area contributed by atoms with Crippen LogP contribution in [0.3, 0.4) is 0 Å². The summed E-state index contributed by atoms with van der Waals surface area (Å²) in [6, 6.07) is 9.67. The molecule has 0 spiro atoms. The van der Waals surface area contributed by atoms with Gasteiger partial charge in [0.2, 0.25) is 0 Å². The monoisotopic (exact) mass is 509 g/mol. The Hall–Kier alpha value is -2.70. The number of nitrogens with zero attached hydrogens (tertiary/aromatic N) is 2. The van der Waals surface area contributed by atoms with Crippen LogP contribution in [0.4, 0.5) is 11.4 Å². The first kappa shape index (κ1) is 25.4. The fourth-order valence-corrected chi connectivity index (χ4v) is 5.68. The molecule has 2 aromatic rings. The van der Waals surface area contributed by atoms with Crippen LogP contribution in [0, 0.1) is 13.8 Å². The van der Waals surface area contributed by atoms with Crippen LogP contribution < -0.4 is 15.1 Å². The lowest BCUT2D eigenvalue weighted by Gasteiger charge is -2.47. The highest BCUT2D eigenvalue weighted by Crippen LogP contribution is 2.45. The molecule has 5 nitrogen and oxygen atoms in total. The summed E-state index contributed by atoms with van der Waals surface area (Å²) in [5.74, 6) is -0.661. The van der Waals surface area contributed by atoms with Crippen molar-refractivity contribution in [2.24, 2.45) is 0 Å². The van der Waals surface area contributed by atoms with E-state index in [2.05, 4.69) is 37.9 Å². The molecule has 2 aliphatic rings. The molecule has 0 saturated carbocycles. The van der Waals surface area contributed by atoms with Gasteiger partial charge in [-0.1, -0.05) is 31.5 Å². The standard InChI is InChI=1S/C28H32ClN3O2S/c1-7-10-31-24-14-23(29)19(12-21(24)18(4)15-28(31,5)6)13-22-25(33)30-27(35)32(26(22)34)20-9-8-16(2)17(3)11-20/h8-9,11-14,18H,7,10,15H2,1-6H3,(H,30,33,35)/b22-13-. The highest BCUT2D eigenvalue weighted by Gasteiger charge is 2.37. The number of halogens is 1. The number of aryl methyl sites for hydroxylation is 2. The third-order valence-electron chi connectivity index (χ3n) is 7.10. The number of amides is 2. The Morgan fingerprint density at radius 1 is 1.17 bits per heavy atom. The summed E-state index contributed by atoms with van der Waals surface area (Å²) >= 11 is 12.1. The van der Waals surface area contributed by atoms with E-state index in [1.165, 1.54) is 10.5 Å². The maximum Gasteiger partial charge on any atom is 0.270 e. The van der Waals surface area contributed by atoms with Gasteiger partial charge in [-0.25, -0.2) is 0 Å². The Labute approximate surface area is 218 Å². The third-order valence-corrected chi connectivity index (χ3v) is 7.71. The van der Waals surface area contributed by atoms with Gasteiger partial charge >= 0.3 is 0 Å². The molecular formula is C28H32ClN3O2S. The Kier molecular flexibility index (Phi) is 6.82. The first-order valence-electron chi connectivity index (χ1n) is 12.0. The van der Waals surface area contributed by atoms with Crippen molar-refractivity contribution in [3.8, 4) is 0 Å². The molecule has 35 heavy (non-hydrogen) atoms. The predicted molar refractivity (Wildman–Crippen MR) is 148 cm³/mol. The molecule has 0 aromatic heterocycles. The van der Waals surface area contributed by atoms with E-state index in [9.17, 15) is 9.59 Å². The molecule has 2 aromatic carbocycles. The molecular weight excluding hydrogens is 478 g/mol. The van der Waals surface area contributed by atoms with Crippen molar-refractivity contribution in [2.45, 2.75) is 65.8 Å². The van der Waals surface area contributed by atoms with E-state index in [1.54, 1.807) is 6.08 Å². The Balaban J connectivity index is 1.77. The van der Waals surface area contributed by atoms with Crippen molar-refractivity contribution in [3.05, 3.63) is 63.2 Å². The number of nitrogens with one attached hydrogen (secondary N) is 1. The first-order valence-corrected chi connectivity index (χ1v) is 12.8. The van der Waals surface area contributed by atoms with Crippen molar-refractivity contribution in [1.82, 2.24) is 5.32 Å². The van der Waals surface area contributed by atoms with Gasteiger partial charge in [-0.3, -0.25) is 19.8 Å². The highest BCUT2D eigenvalue weighted by atomic mass is 35.5. The molecule has 0 aliphatic carbocycles. The quantitative estimate of drug-likeness (QED) is 0.299. The van der Waals surface area contributed by atoms with Crippen molar-refractivity contribution in [1.29, 1.82) is 0 Å². The van der Waals surface area contributed by atoms with E-state index < -0.39 is 11.8 Å². The van der Waals surface area contributed by atoms with Gasteiger partial charge in [0, 0.05) is 22.8 Å². The fraction of sp³-hybridized carbons (Fsp3) is 0.393. The number of fused-ring (bicyclic) bond motifs is 1. The minimum Gasteiger partial charge on any atom is -0.366 e. The first-order chi connectivity index (χ1) is 16.4. The summed E-state index contributed by atoms with van der Waals surface area (Å²) in [7, 11) is 0. The molecule has 1 unspecified atom stereocenters. The molecule has 4 rings (SSSR count). The van der Waals surface area contributed by atoms with Crippen molar-refractivity contribution in [2.75, 3.05) is 16.3 Å². The molecule has 0 radical (unpaired) electrons. The minimum absolute atomic E-state index is 0.00730. The average molecular weight is 510 g/mol. The van der Waals surface area contributed by atoms with Crippen LogP contribution >= 0.6 is 23.8 Å². The molecule has 1 N–H and O–H groups in total. The zero-order valence-corrected chi connectivity index (χ0v) is 22.7. The number of benzene rings is 2. The lowest BCUT2D eigenvalue weighted by Crippen LogP contribution is -2.54. The Morgan fingerprint density at radius 2 is 1.89 bits per heavy atom. The zero-order chi connectivity index (χ0) is 25.7. The van der Waals surface area contributed by atoms with Gasteiger partial charge in [-0.05, 0) is 111 Å². The van der Waals surface area contributed by atoms with Gasteiger partial charge < -0.3 is 4.90 Å². The molecule has 1 saturated heterocycles. The molecule has 2 aliphatic heterocycles. The van der Waals surface area contributed by atoms with E-state index in [-0.39, 0.29) is 16.2 Å². The maximum absolute atomic E-state index is 13.5. The van der Waals surface area contributed by atoms with Gasteiger partial charge in [-0.15, -0.1) is 0 Å². The smallest absolute Gasteiger partial charge is 0.270 e. The number of hydrogen-bond acceptors (Lipinski definition) is 4. The third kappa shape index (κ3) is 4.62.